The van der Waals surface area contributed by atoms with Crippen LogP contribution >= 0.6 is 15.9 Å². The van der Waals surface area contributed by atoms with Crippen LogP contribution in [0.25, 0.3) is 5.65 Å². The summed E-state index contributed by atoms with van der Waals surface area (Å²) >= 11 is 3.55. The smallest absolute Gasteiger partial charge is 0.136 e. The van der Waals surface area contributed by atoms with Crippen molar-refractivity contribution in [3.63, 3.8) is 0 Å². The summed E-state index contributed by atoms with van der Waals surface area (Å²) in [5.74, 6) is 0. The van der Waals surface area contributed by atoms with Gasteiger partial charge < -0.3 is 9.72 Å². The molecule has 6 heteroatoms. The van der Waals surface area contributed by atoms with Crippen LogP contribution in [0.1, 0.15) is 17.3 Å². The van der Waals surface area contributed by atoms with Crippen molar-refractivity contribution in [1.82, 2.24) is 24.6 Å². The standard InChI is InChI=1S/C17H18BrN5/c18-14-1-2-17-21-9-15(23(17)11-14)12-22-8-7-20-10-16(22)13-3-5-19-6-4-13/h1-6,9,11,16,20H,7-8,10,12H2. The fourth-order valence-electron chi connectivity index (χ4n) is 3.18. The Labute approximate surface area is 143 Å². The number of hydrogen-bond acceptors (Lipinski definition) is 4. The van der Waals surface area contributed by atoms with Gasteiger partial charge in [0.05, 0.1) is 11.9 Å². The number of piperazine rings is 1. The average molecular weight is 372 g/mol. The van der Waals surface area contributed by atoms with Crippen LogP contribution in [0.5, 0.6) is 0 Å². The lowest BCUT2D eigenvalue weighted by atomic mass is 10.0. The molecule has 1 N–H and O–H groups in total. The molecule has 1 fully saturated rings. The molecular formula is C17H18BrN5. The molecule has 0 aromatic carbocycles. The zero-order valence-electron chi connectivity index (χ0n) is 12.7. The van der Waals surface area contributed by atoms with Crippen molar-refractivity contribution in [2.24, 2.45) is 0 Å². The van der Waals surface area contributed by atoms with Crippen molar-refractivity contribution >= 4 is 21.6 Å². The van der Waals surface area contributed by atoms with Crippen LogP contribution in [0.2, 0.25) is 0 Å². The van der Waals surface area contributed by atoms with Gasteiger partial charge in [-0.25, -0.2) is 4.98 Å². The van der Waals surface area contributed by atoms with Crippen molar-refractivity contribution in [2.75, 3.05) is 19.6 Å². The van der Waals surface area contributed by atoms with E-state index in [1.54, 1.807) is 0 Å². The van der Waals surface area contributed by atoms with E-state index in [9.17, 15) is 0 Å². The molecular weight excluding hydrogens is 354 g/mol. The minimum atomic E-state index is 0.365. The Hall–Kier alpha value is -1.76. The molecule has 0 amide bonds. The lowest BCUT2D eigenvalue weighted by Gasteiger charge is -2.36. The van der Waals surface area contributed by atoms with Gasteiger partial charge in [-0.3, -0.25) is 9.88 Å². The lowest BCUT2D eigenvalue weighted by molar-refractivity contribution is 0.151. The topological polar surface area (TPSA) is 45.5 Å². The van der Waals surface area contributed by atoms with Gasteiger partial charge in [0.25, 0.3) is 0 Å². The molecule has 118 valence electrons. The van der Waals surface area contributed by atoms with Crippen molar-refractivity contribution in [3.8, 4) is 0 Å². The van der Waals surface area contributed by atoms with Crippen molar-refractivity contribution in [3.05, 3.63) is 64.8 Å². The van der Waals surface area contributed by atoms with E-state index in [2.05, 4.69) is 58.8 Å². The van der Waals surface area contributed by atoms with Crippen LogP contribution in [0.4, 0.5) is 0 Å². The lowest BCUT2D eigenvalue weighted by Crippen LogP contribution is -2.45. The molecule has 4 rings (SSSR count). The maximum Gasteiger partial charge on any atom is 0.136 e. The van der Waals surface area contributed by atoms with Crippen molar-refractivity contribution in [1.29, 1.82) is 0 Å². The van der Waals surface area contributed by atoms with Gasteiger partial charge in [-0.1, -0.05) is 0 Å². The third-order valence-electron chi connectivity index (χ3n) is 4.36. The number of nitrogens with one attached hydrogen (secondary N) is 1. The normalized spacial score (nSPS) is 19.3. The number of nitrogens with zero attached hydrogens (tertiary/aromatic N) is 4. The average Bonchev–Trinajstić information content (AvgIpc) is 2.98. The summed E-state index contributed by atoms with van der Waals surface area (Å²) in [5.41, 5.74) is 3.50. The predicted molar refractivity (Wildman–Crippen MR) is 93.1 cm³/mol. The predicted octanol–water partition coefficient (Wildman–Crippen LogP) is 2.64. The number of halogens is 1. The van der Waals surface area contributed by atoms with Gasteiger partial charge in [0.15, 0.2) is 0 Å². The summed E-state index contributed by atoms with van der Waals surface area (Å²) in [6.07, 6.45) is 7.80. The molecule has 0 bridgehead atoms. The van der Waals surface area contributed by atoms with Gasteiger partial charge >= 0.3 is 0 Å². The highest BCUT2D eigenvalue weighted by atomic mass is 79.9. The second-order valence-corrected chi connectivity index (χ2v) is 6.71. The van der Waals surface area contributed by atoms with Gasteiger partial charge in [-0.15, -0.1) is 0 Å². The summed E-state index contributed by atoms with van der Waals surface area (Å²) < 4.78 is 3.23. The van der Waals surface area contributed by atoms with E-state index in [1.807, 2.05) is 30.7 Å². The molecule has 1 aliphatic rings. The Bertz CT molecular complexity index is 801. The van der Waals surface area contributed by atoms with E-state index in [-0.39, 0.29) is 0 Å². The minimum Gasteiger partial charge on any atom is -0.314 e. The largest absolute Gasteiger partial charge is 0.314 e. The number of rotatable bonds is 3. The van der Waals surface area contributed by atoms with Crippen LogP contribution in [-0.2, 0) is 6.54 Å². The Morgan fingerprint density at radius 2 is 2.09 bits per heavy atom. The van der Waals surface area contributed by atoms with Gasteiger partial charge in [-0.2, -0.15) is 0 Å². The van der Waals surface area contributed by atoms with Crippen LogP contribution in [0, 0.1) is 0 Å². The highest BCUT2D eigenvalue weighted by Gasteiger charge is 2.24. The van der Waals surface area contributed by atoms with Crippen LogP contribution in [-0.4, -0.2) is 38.9 Å². The molecule has 1 saturated heterocycles. The molecule has 4 heterocycles. The van der Waals surface area contributed by atoms with E-state index in [0.717, 1.165) is 36.3 Å². The highest BCUT2D eigenvalue weighted by Crippen LogP contribution is 2.24. The fraction of sp³-hybridized carbons (Fsp3) is 0.294. The molecule has 23 heavy (non-hydrogen) atoms. The Morgan fingerprint density at radius 3 is 2.96 bits per heavy atom. The third-order valence-corrected chi connectivity index (χ3v) is 4.83. The Balaban J connectivity index is 1.64. The number of fused-ring (bicyclic) bond motifs is 1. The van der Waals surface area contributed by atoms with Crippen molar-refractivity contribution < 1.29 is 0 Å². The molecule has 0 aliphatic carbocycles. The maximum atomic E-state index is 4.51. The quantitative estimate of drug-likeness (QED) is 0.768. The number of hydrogen-bond donors (Lipinski definition) is 1. The van der Waals surface area contributed by atoms with Crippen LogP contribution < -0.4 is 5.32 Å². The number of pyridine rings is 2. The molecule has 1 aliphatic heterocycles. The second-order valence-electron chi connectivity index (χ2n) is 5.80. The Morgan fingerprint density at radius 1 is 1.22 bits per heavy atom. The Kier molecular flexibility index (Phi) is 4.11. The first-order valence-corrected chi connectivity index (χ1v) is 8.57. The van der Waals surface area contributed by atoms with E-state index < -0.39 is 0 Å². The molecule has 5 nitrogen and oxygen atoms in total. The van der Waals surface area contributed by atoms with E-state index >= 15 is 0 Å². The summed E-state index contributed by atoms with van der Waals surface area (Å²) in [4.78, 5) is 11.2. The van der Waals surface area contributed by atoms with Gasteiger partial charge in [0.1, 0.15) is 5.65 Å². The van der Waals surface area contributed by atoms with Crippen molar-refractivity contribution in [2.45, 2.75) is 12.6 Å². The second kappa shape index (κ2) is 6.39. The third kappa shape index (κ3) is 3.02. The first-order chi connectivity index (χ1) is 11.3. The molecule has 3 aromatic heterocycles. The van der Waals surface area contributed by atoms with Crippen LogP contribution in [0.3, 0.4) is 0 Å². The summed E-state index contributed by atoms with van der Waals surface area (Å²) in [6.45, 7) is 3.88. The molecule has 0 radical (unpaired) electrons. The summed E-state index contributed by atoms with van der Waals surface area (Å²) in [7, 11) is 0. The van der Waals surface area contributed by atoms with Gasteiger partial charge in [0.2, 0.25) is 0 Å². The maximum absolute atomic E-state index is 4.51. The molecule has 0 spiro atoms. The van der Waals surface area contributed by atoms with E-state index in [0.29, 0.717) is 6.04 Å². The monoisotopic (exact) mass is 371 g/mol. The molecule has 1 unspecified atom stereocenters. The van der Waals surface area contributed by atoms with E-state index in [4.69, 9.17) is 0 Å². The van der Waals surface area contributed by atoms with E-state index in [1.165, 1.54) is 11.3 Å². The van der Waals surface area contributed by atoms with Gasteiger partial charge in [-0.05, 0) is 45.8 Å². The fourth-order valence-corrected chi connectivity index (χ4v) is 3.52. The number of aromatic nitrogens is 3. The number of imidazole rings is 1. The summed E-state index contributed by atoms with van der Waals surface area (Å²) in [6, 6.07) is 8.64. The SMILES string of the molecule is Brc1ccc2ncc(CN3CCNCC3c3ccncc3)n2c1. The molecule has 3 aromatic rings. The van der Waals surface area contributed by atoms with Crippen LogP contribution in [0.15, 0.2) is 53.5 Å². The zero-order chi connectivity index (χ0) is 15.6. The first-order valence-electron chi connectivity index (χ1n) is 7.77. The van der Waals surface area contributed by atoms with Gasteiger partial charge in [0, 0.05) is 55.3 Å². The zero-order valence-corrected chi connectivity index (χ0v) is 14.3. The summed E-state index contributed by atoms with van der Waals surface area (Å²) in [5, 5.41) is 3.50. The molecule has 0 saturated carbocycles. The molecule has 1 atom stereocenters. The first kappa shape index (κ1) is 14.8. The minimum absolute atomic E-state index is 0.365. The highest BCUT2D eigenvalue weighted by molar-refractivity contribution is 9.10.